The smallest absolute Gasteiger partial charge is 0.252 e. The Hall–Kier alpha value is -3.24. The van der Waals surface area contributed by atoms with Gasteiger partial charge in [0.2, 0.25) is 5.88 Å². The van der Waals surface area contributed by atoms with Gasteiger partial charge in [-0.2, -0.15) is 10.3 Å². The van der Waals surface area contributed by atoms with Crippen LogP contribution in [0.15, 0.2) is 45.7 Å². The van der Waals surface area contributed by atoms with Crippen molar-refractivity contribution in [3.63, 3.8) is 0 Å². The Labute approximate surface area is 301 Å². The van der Waals surface area contributed by atoms with E-state index in [-0.39, 0.29) is 44.3 Å². The second-order valence-electron chi connectivity index (χ2n) is 13.5. The van der Waals surface area contributed by atoms with Crippen LogP contribution in [0, 0.1) is 35.8 Å². The molecule has 272 valence electrons. The fraction of sp³-hybridized carbons (Fsp3) is 0.514. The van der Waals surface area contributed by atoms with Gasteiger partial charge in [-0.3, -0.25) is 0 Å². The van der Waals surface area contributed by atoms with E-state index in [0.717, 1.165) is 19.3 Å². The van der Waals surface area contributed by atoms with E-state index in [2.05, 4.69) is 23.2 Å². The largest absolute Gasteiger partial charge is 0.481 e. The average Bonchev–Trinajstić information content (AvgIpc) is 3.77. The molecule has 2 aromatic rings. The number of hydrogen-bond acceptors (Lipinski definition) is 7. The van der Waals surface area contributed by atoms with Gasteiger partial charge < -0.3 is 25.4 Å². The molecule has 7 nitrogen and oxygen atoms in total. The summed E-state index contributed by atoms with van der Waals surface area (Å²) < 4.78 is 67.0. The highest BCUT2D eigenvalue weighted by Gasteiger charge is 2.56. The van der Waals surface area contributed by atoms with E-state index in [9.17, 15) is 18.4 Å². The van der Waals surface area contributed by atoms with Crippen LogP contribution in [-0.4, -0.2) is 67.9 Å². The summed E-state index contributed by atoms with van der Waals surface area (Å²) in [6, 6.07) is 6.47. The Kier molecular flexibility index (Phi) is 13.3. The molecule has 2 heterocycles. The Morgan fingerprint density at radius 1 is 1.26 bits per heavy atom. The zero-order valence-electron chi connectivity index (χ0n) is 29.5. The van der Waals surface area contributed by atoms with E-state index in [4.69, 9.17) is 31.8 Å². The maximum absolute atomic E-state index is 16.4. The highest BCUT2D eigenvalue weighted by Crippen LogP contribution is 2.48. The summed E-state index contributed by atoms with van der Waals surface area (Å²) in [6.07, 6.45) is 4.46. The fourth-order valence-corrected chi connectivity index (χ4v) is 6.89. The maximum Gasteiger partial charge on any atom is 0.252 e. The minimum atomic E-state index is -2.38. The maximum atomic E-state index is 16.4. The van der Waals surface area contributed by atoms with E-state index < -0.39 is 23.5 Å². The molecule has 3 aliphatic rings. The lowest BCUT2D eigenvalue weighted by molar-refractivity contribution is 0.0972. The number of nitrogens with zero attached hydrogens (tertiary/aromatic N) is 3. The number of allylic oxidation sites excluding steroid dienone is 2. The van der Waals surface area contributed by atoms with Crippen LogP contribution in [-0.2, 0) is 9.47 Å². The van der Waals surface area contributed by atoms with Crippen LogP contribution in [0.2, 0.25) is 5.02 Å². The third kappa shape index (κ3) is 9.55. The number of benzene rings is 2. The van der Waals surface area contributed by atoms with Crippen molar-refractivity contribution in [2.45, 2.75) is 76.7 Å². The first-order valence-corrected chi connectivity index (χ1v) is 18.1. The molecule has 5 rings (SSSR count). The zero-order valence-corrected chi connectivity index (χ0v) is 31.1. The predicted octanol–water partition coefficient (Wildman–Crippen LogP) is 8.68. The quantitative estimate of drug-likeness (QED) is 0.121. The van der Waals surface area contributed by atoms with Crippen molar-refractivity contribution in [3.05, 3.63) is 69.2 Å². The molecule has 1 saturated carbocycles. The molecule has 3 N–H and O–H groups in total. The Morgan fingerprint density at radius 2 is 1.98 bits per heavy atom. The number of halogens is 5. The van der Waals surface area contributed by atoms with Gasteiger partial charge in [0.05, 0.1) is 29.2 Å². The number of rotatable bonds is 8. The standard InChI is InChI=1S/C29H31ClF2N4O2S.C8H15F2N/c1-4-5-7-24(37-3)35-29(36-10-6-12-38-13-11-36)19-14-21(30)26(27(32)17(19)2)18-8-9-22(31)28-25(18)20(15-33)23(34)16-39-28;1-7(2,3)11-5-6-4-8(6,9)10/h7-9,14H,4-6,10-13,16,34H2,1-3H3;6,11H,4-5H2,1-3H3/b24-7-,35-29+;. The van der Waals surface area contributed by atoms with Crippen molar-refractivity contribution in [3.8, 4) is 17.2 Å². The van der Waals surface area contributed by atoms with Crippen LogP contribution in [0.5, 0.6) is 0 Å². The van der Waals surface area contributed by atoms with Gasteiger partial charge in [-0.25, -0.2) is 17.6 Å². The van der Waals surface area contributed by atoms with Crippen molar-refractivity contribution in [2.75, 3.05) is 45.7 Å². The molecule has 2 aliphatic heterocycles. The molecule has 0 spiro atoms. The van der Waals surface area contributed by atoms with Gasteiger partial charge in [0.15, 0.2) is 0 Å². The summed E-state index contributed by atoms with van der Waals surface area (Å²) >= 11 is 7.98. The Bertz CT molecular complexity index is 1690. The molecule has 50 heavy (non-hydrogen) atoms. The first kappa shape index (κ1) is 39.5. The zero-order chi connectivity index (χ0) is 36.8. The molecular formula is C37H46ClF4N5O2S. The SMILES string of the molecule is CC(C)(C)NCC1CC1(F)F.CCC/C=C(/N=C(\c1cc(Cl)c(-c2ccc(F)c3c2C(C#N)=C(N)CS3)c(F)c1C)N1CCCOCC1)OC. The monoisotopic (exact) mass is 735 g/mol. The number of nitriles is 1. The normalized spacial score (nSPS) is 19.2. The topological polar surface area (TPSA) is 95.9 Å². The van der Waals surface area contributed by atoms with Gasteiger partial charge >= 0.3 is 0 Å². The molecule has 2 fully saturated rings. The number of alkyl halides is 2. The number of amidine groups is 1. The number of methoxy groups -OCH3 is 1. The summed E-state index contributed by atoms with van der Waals surface area (Å²) in [5.74, 6) is -2.62. The highest BCUT2D eigenvalue weighted by molar-refractivity contribution is 7.99. The number of fused-ring (bicyclic) bond motifs is 1. The molecule has 1 unspecified atom stereocenters. The summed E-state index contributed by atoms with van der Waals surface area (Å²) in [7, 11) is 1.55. The summed E-state index contributed by atoms with van der Waals surface area (Å²) in [5.41, 5.74) is 8.01. The van der Waals surface area contributed by atoms with Crippen LogP contribution in [0.3, 0.4) is 0 Å². The second kappa shape index (κ2) is 16.9. The Morgan fingerprint density at radius 3 is 2.60 bits per heavy atom. The summed E-state index contributed by atoms with van der Waals surface area (Å²) in [6.45, 7) is 12.5. The Balaban J connectivity index is 0.000000435. The number of aliphatic imine (C=N–C) groups is 1. The molecule has 1 saturated heterocycles. The number of ether oxygens (including phenoxy) is 2. The van der Waals surface area contributed by atoms with Crippen molar-refractivity contribution in [1.82, 2.24) is 10.2 Å². The minimum Gasteiger partial charge on any atom is -0.481 e. The summed E-state index contributed by atoms with van der Waals surface area (Å²) in [4.78, 5) is 7.12. The van der Waals surface area contributed by atoms with Gasteiger partial charge in [0, 0.05) is 72.3 Å². The van der Waals surface area contributed by atoms with E-state index in [1.807, 2.05) is 26.8 Å². The molecule has 1 atom stereocenters. The first-order chi connectivity index (χ1) is 23.6. The molecular weight excluding hydrogens is 690 g/mol. The van der Waals surface area contributed by atoms with Gasteiger partial charge in [-0.05, 0) is 69.9 Å². The minimum absolute atomic E-state index is 0.0430. The summed E-state index contributed by atoms with van der Waals surface area (Å²) in [5, 5.41) is 13.0. The molecule has 1 aliphatic carbocycles. The van der Waals surface area contributed by atoms with Crippen LogP contribution < -0.4 is 11.1 Å². The van der Waals surface area contributed by atoms with Crippen molar-refractivity contribution >= 4 is 34.8 Å². The first-order valence-electron chi connectivity index (χ1n) is 16.8. The predicted molar refractivity (Wildman–Crippen MR) is 193 cm³/mol. The molecule has 2 aromatic carbocycles. The number of nitrogens with two attached hydrogens (primary N) is 1. The third-order valence-corrected chi connectivity index (χ3v) is 9.97. The van der Waals surface area contributed by atoms with Crippen LogP contribution in [0.4, 0.5) is 17.6 Å². The lowest BCUT2D eigenvalue weighted by Gasteiger charge is -2.27. The number of unbranched alkanes of at least 4 members (excludes halogenated alkanes) is 1. The second-order valence-corrected chi connectivity index (χ2v) is 14.9. The molecule has 0 bridgehead atoms. The van der Waals surface area contributed by atoms with E-state index in [0.29, 0.717) is 67.0 Å². The fourth-order valence-electron chi connectivity index (χ4n) is 5.59. The van der Waals surface area contributed by atoms with Crippen molar-refractivity contribution in [1.29, 1.82) is 5.26 Å². The number of hydrogen-bond donors (Lipinski definition) is 2. The average molecular weight is 736 g/mol. The highest BCUT2D eigenvalue weighted by atomic mass is 35.5. The van der Waals surface area contributed by atoms with Gasteiger partial charge in [-0.15, -0.1) is 11.8 Å². The van der Waals surface area contributed by atoms with E-state index in [1.54, 1.807) is 20.1 Å². The van der Waals surface area contributed by atoms with Crippen LogP contribution in [0.1, 0.15) is 70.1 Å². The van der Waals surface area contributed by atoms with E-state index >= 15 is 4.39 Å². The third-order valence-electron chi connectivity index (χ3n) is 8.53. The van der Waals surface area contributed by atoms with E-state index in [1.165, 1.54) is 23.9 Å². The van der Waals surface area contributed by atoms with Crippen molar-refractivity contribution < 1.29 is 27.0 Å². The lowest BCUT2D eigenvalue weighted by Crippen LogP contribution is -2.37. The van der Waals surface area contributed by atoms with Crippen LogP contribution >= 0.6 is 23.4 Å². The molecule has 0 amide bonds. The van der Waals surface area contributed by atoms with Gasteiger partial charge in [0.1, 0.15) is 23.5 Å². The lowest BCUT2D eigenvalue weighted by atomic mass is 9.90. The van der Waals surface area contributed by atoms with Gasteiger partial charge in [0.25, 0.3) is 5.92 Å². The number of nitrogens with one attached hydrogen (secondary N) is 1. The molecule has 0 aromatic heterocycles. The van der Waals surface area contributed by atoms with Crippen molar-refractivity contribution in [2.24, 2.45) is 16.6 Å². The molecule has 0 radical (unpaired) electrons. The number of thioether (sulfide) groups is 1. The van der Waals surface area contributed by atoms with Crippen LogP contribution in [0.25, 0.3) is 16.7 Å². The van der Waals surface area contributed by atoms with Gasteiger partial charge in [-0.1, -0.05) is 31.0 Å². The molecule has 13 heteroatoms.